The molecule has 1 N–H and O–H groups in total. The second kappa shape index (κ2) is 5.65. The van der Waals surface area contributed by atoms with Gasteiger partial charge in [0, 0.05) is 11.8 Å². The fourth-order valence-corrected chi connectivity index (χ4v) is 3.01. The molecule has 0 saturated heterocycles. The van der Waals surface area contributed by atoms with Crippen LogP contribution in [0, 0.1) is 13.8 Å². The summed E-state index contributed by atoms with van der Waals surface area (Å²) in [7, 11) is -1.17. The normalized spacial score (nSPS) is 13.6. The van der Waals surface area contributed by atoms with Gasteiger partial charge < -0.3 is 5.32 Å². The Hall–Kier alpha value is -0.870. The van der Waals surface area contributed by atoms with E-state index in [1.54, 1.807) is 14.0 Å². The lowest BCUT2D eigenvalue weighted by atomic mass is 10.0. The topological polar surface area (TPSA) is 46.2 Å². The minimum Gasteiger partial charge on any atom is -0.312 e. The first-order valence-corrected chi connectivity index (χ1v) is 7.66. The highest BCUT2D eigenvalue weighted by molar-refractivity contribution is 7.91. The summed E-state index contributed by atoms with van der Waals surface area (Å²) >= 11 is 0. The molecule has 0 aliphatic carbocycles. The van der Waals surface area contributed by atoms with Gasteiger partial charge in [0.1, 0.15) is 0 Å². The molecule has 0 spiro atoms. The van der Waals surface area contributed by atoms with Crippen molar-refractivity contribution in [1.29, 1.82) is 0 Å². The molecule has 96 valence electrons. The van der Waals surface area contributed by atoms with Gasteiger partial charge in [0.25, 0.3) is 0 Å². The van der Waals surface area contributed by atoms with Crippen LogP contribution in [-0.4, -0.2) is 27.0 Å². The van der Waals surface area contributed by atoms with Gasteiger partial charge in [-0.05, 0) is 32.0 Å². The van der Waals surface area contributed by atoms with Crippen molar-refractivity contribution in [3.8, 4) is 0 Å². The van der Waals surface area contributed by atoms with E-state index in [-0.39, 0.29) is 17.5 Å². The molecule has 1 rings (SSSR count). The molecule has 0 aromatic heterocycles. The van der Waals surface area contributed by atoms with Crippen molar-refractivity contribution >= 4 is 9.84 Å². The summed E-state index contributed by atoms with van der Waals surface area (Å²) in [5.41, 5.74) is 3.39. The third-order valence-electron chi connectivity index (χ3n) is 3.01. The predicted molar refractivity (Wildman–Crippen MR) is 72.0 cm³/mol. The lowest BCUT2D eigenvalue weighted by Crippen LogP contribution is -2.26. The van der Waals surface area contributed by atoms with E-state index in [1.807, 2.05) is 26.0 Å². The van der Waals surface area contributed by atoms with Gasteiger partial charge in [0.15, 0.2) is 9.84 Å². The van der Waals surface area contributed by atoms with Gasteiger partial charge >= 0.3 is 0 Å². The summed E-state index contributed by atoms with van der Waals surface area (Å²) < 4.78 is 23.4. The van der Waals surface area contributed by atoms with Gasteiger partial charge in [-0.3, -0.25) is 0 Å². The van der Waals surface area contributed by atoms with Gasteiger partial charge in [-0.15, -0.1) is 0 Å². The fraction of sp³-hybridized carbons (Fsp3) is 0.538. The Bertz CT molecular complexity index is 480. The van der Waals surface area contributed by atoms with Crippen LogP contribution in [0.5, 0.6) is 0 Å². The molecule has 0 amide bonds. The number of benzene rings is 1. The maximum Gasteiger partial charge on any atom is 0.151 e. The molecular formula is C13H21NO2S. The first kappa shape index (κ1) is 14.2. The van der Waals surface area contributed by atoms with Gasteiger partial charge in [0.05, 0.1) is 5.75 Å². The van der Waals surface area contributed by atoms with Crippen molar-refractivity contribution < 1.29 is 8.42 Å². The van der Waals surface area contributed by atoms with Gasteiger partial charge in [0.2, 0.25) is 0 Å². The third kappa shape index (κ3) is 3.82. The summed E-state index contributed by atoms with van der Waals surface area (Å²) in [6.07, 6.45) is 0. The van der Waals surface area contributed by atoms with E-state index >= 15 is 0 Å². The third-order valence-corrected chi connectivity index (χ3v) is 4.73. The SMILES string of the molecule is CCS(=O)(=O)CC(NC)c1ccc(C)cc1C. The zero-order valence-electron chi connectivity index (χ0n) is 10.9. The van der Waals surface area contributed by atoms with Crippen molar-refractivity contribution in [2.45, 2.75) is 26.8 Å². The van der Waals surface area contributed by atoms with E-state index in [0.29, 0.717) is 0 Å². The maximum absolute atomic E-state index is 11.7. The summed E-state index contributed by atoms with van der Waals surface area (Å²) in [6, 6.07) is 5.99. The fourth-order valence-electron chi connectivity index (χ4n) is 1.92. The van der Waals surface area contributed by atoms with Gasteiger partial charge in [-0.25, -0.2) is 8.42 Å². The molecule has 17 heavy (non-hydrogen) atoms. The average molecular weight is 255 g/mol. The molecule has 0 aliphatic heterocycles. The van der Waals surface area contributed by atoms with Gasteiger partial charge in [-0.1, -0.05) is 30.7 Å². The van der Waals surface area contributed by atoms with Crippen LogP contribution in [0.3, 0.4) is 0 Å². The molecular weight excluding hydrogens is 234 g/mol. The van der Waals surface area contributed by atoms with Crippen molar-refractivity contribution in [3.05, 3.63) is 34.9 Å². The highest BCUT2D eigenvalue weighted by Crippen LogP contribution is 2.20. The Kier molecular flexibility index (Phi) is 4.71. The number of aryl methyl sites for hydroxylation is 2. The lowest BCUT2D eigenvalue weighted by Gasteiger charge is -2.19. The Morgan fingerprint density at radius 2 is 1.94 bits per heavy atom. The standard InChI is InChI=1S/C13H21NO2S/c1-5-17(15,16)9-13(14-4)12-7-6-10(2)8-11(12)3/h6-8,13-14H,5,9H2,1-4H3. The Morgan fingerprint density at radius 1 is 1.29 bits per heavy atom. The summed E-state index contributed by atoms with van der Waals surface area (Å²) in [4.78, 5) is 0. The number of nitrogens with one attached hydrogen (secondary N) is 1. The van der Waals surface area contributed by atoms with Crippen molar-refractivity contribution in [3.63, 3.8) is 0 Å². The minimum atomic E-state index is -2.97. The minimum absolute atomic E-state index is 0.124. The average Bonchev–Trinajstić information content (AvgIpc) is 2.26. The van der Waals surface area contributed by atoms with E-state index in [2.05, 4.69) is 11.4 Å². The molecule has 1 aromatic rings. The molecule has 1 atom stereocenters. The number of rotatable bonds is 5. The van der Waals surface area contributed by atoms with E-state index in [4.69, 9.17) is 0 Å². The molecule has 0 aliphatic rings. The van der Waals surface area contributed by atoms with Crippen LogP contribution in [0.4, 0.5) is 0 Å². The van der Waals surface area contributed by atoms with Crippen LogP contribution in [0.25, 0.3) is 0 Å². The van der Waals surface area contributed by atoms with Crippen LogP contribution in [-0.2, 0) is 9.84 Å². The van der Waals surface area contributed by atoms with Crippen LogP contribution >= 0.6 is 0 Å². The predicted octanol–water partition coefficient (Wildman–Crippen LogP) is 2.00. The van der Waals surface area contributed by atoms with Crippen LogP contribution in [0.2, 0.25) is 0 Å². The zero-order valence-corrected chi connectivity index (χ0v) is 11.8. The monoisotopic (exact) mass is 255 g/mol. The van der Waals surface area contributed by atoms with Crippen LogP contribution < -0.4 is 5.32 Å². The molecule has 3 nitrogen and oxygen atoms in total. The lowest BCUT2D eigenvalue weighted by molar-refractivity contribution is 0.574. The number of hydrogen-bond donors (Lipinski definition) is 1. The molecule has 0 radical (unpaired) electrons. The molecule has 0 saturated carbocycles. The maximum atomic E-state index is 11.7. The van der Waals surface area contributed by atoms with E-state index in [1.165, 1.54) is 5.56 Å². The smallest absolute Gasteiger partial charge is 0.151 e. The zero-order chi connectivity index (χ0) is 13.1. The summed E-state index contributed by atoms with van der Waals surface area (Å²) in [5, 5.41) is 3.09. The largest absolute Gasteiger partial charge is 0.312 e. The van der Waals surface area contributed by atoms with Gasteiger partial charge in [-0.2, -0.15) is 0 Å². The van der Waals surface area contributed by atoms with Crippen LogP contribution in [0.15, 0.2) is 18.2 Å². The molecule has 0 bridgehead atoms. The first-order valence-electron chi connectivity index (χ1n) is 5.84. The van der Waals surface area contributed by atoms with E-state index < -0.39 is 9.84 Å². The number of hydrogen-bond acceptors (Lipinski definition) is 3. The summed E-state index contributed by atoms with van der Waals surface area (Å²) in [6.45, 7) is 5.74. The Morgan fingerprint density at radius 3 is 2.41 bits per heavy atom. The molecule has 4 heteroatoms. The highest BCUT2D eigenvalue weighted by atomic mass is 32.2. The second-order valence-corrected chi connectivity index (χ2v) is 6.80. The van der Waals surface area contributed by atoms with E-state index in [9.17, 15) is 8.42 Å². The second-order valence-electron chi connectivity index (χ2n) is 4.40. The molecule has 1 aromatic carbocycles. The quantitative estimate of drug-likeness (QED) is 0.875. The summed E-state index contributed by atoms with van der Waals surface area (Å²) in [5.74, 6) is 0.347. The van der Waals surface area contributed by atoms with Crippen molar-refractivity contribution in [2.24, 2.45) is 0 Å². The Labute approximate surface area is 104 Å². The number of sulfone groups is 1. The highest BCUT2D eigenvalue weighted by Gasteiger charge is 2.19. The Balaban J connectivity index is 3.02. The van der Waals surface area contributed by atoms with Crippen LogP contribution in [0.1, 0.15) is 29.7 Å². The molecule has 0 heterocycles. The van der Waals surface area contributed by atoms with E-state index in [0.717, 1.165) is 11.1 Å². The first-order chi connectivity index (χ1) is 7.89. The molecule has 1 unspecified atom stereocenters. The van der Waals surface area contributed by atoms with Crippen molar-refractivity contribution in [1.82, 2.24) is 5.32 Å². The van der Waals surface area contributed by atoms with Crippen molar-refractivity contribution in [2.75, 3.05) is 18.6 Å². The molecule has 0 fully saturated rings.